The van der Waals surface area contributed by atoms with Gasteiger partial charge in [-0.25, -0.2) is 14.6 Å². The Bertz CT molecular complexity index is 1010. The molecule has 7 nitrogen and oxygen atoms in total. The second-order valence-electron chi connectivity index (χ2n) is 6.57. The lowest BCUT2D eigenvalue weighted by molar-refractivity contribution is 0.174. The van der Waals surface area contributed by atoms with Gasteiger partial charge >= 0.3 is 0 Å². The van der Waals surface area contributed by atoms with E-state index in [0.717, 1.165) is 47.8 Å². The number of benzene rings is 1. The van der Waals surface area contributed by atoms with Crippen LogP contribution in [0.1, 0.15) is 35.9 Å². The molecule has 0 saturated carbocycles. The van der Waals surface area contributed by atoms with Crippen LogP contribution in [0.5, 0.6) is 0 Å². The van der Waals surface area contributed by atoms with E-state index in [4.69, 9.17) is 4.42 Å². The summed E-state index contributed by atoms with van der Waals surface area (Å²) in [5.41, 5.74) is 3.13. The molecule has 132 valence electrons. The molecule has 5 rings (SSSR count). The maximum Gasteiger partial charge on any atom is 0.141 e. The molecule has 26 heavy (non-hydrogen) atoms. The number of hydrogen-bond donors (Lipinski definition) is 1. The molecule has 0 saturated heterocycles. The summed E-state index contributed by atoms with van der Waals surface area (Å²) in [4.78, 5) is 14.7. The molecule has 0 bridgehead atoms. The third kappa shape index (κ3) is 2.43. The van der Waals surface area contributed by atoms with Crippen molar-refractivity contribution >= 4 is 11.0 Å². The molecule has 4 heterocycles. The molecule has 0 aliphatic carbocycles. The number of H-pyrrole nitrogens is 1. The maximum atomic E-state index is 6.20. The van der Waals surface area contributed by atoms with Gasteiger partial charge in [0.05, 0.1) is 18.6 Å². The summed E-state index contributed by atoms with van der Waals surface area (Å²) in [6, 6.07) is 10.2. The van der Waals surface area contributed by atoms with Gasteiger partial charge in [0.15, 0.2) is 0 Å². The first-order valence-corrected chi connectivity index (χ1v) is 8.95. The van der Waals surface area contributed by atoms with Gasteiger partial charge in [-0.05, 0) is 19.1 Å². The standard InChI is InChI=1S/C19H20N6O/c1-2-25-17(21-12-23-25)10-24-8-7-14-18(22-11-20-14)19(24)16-9-13-5-3-4-6-15(13)26-16/h3-6,9,11-12,19H,2,7-8,10H2,1H3,(H,20,22)/t19-/m1/s1. The minimum atomic E-state index is -0.0283. The van der Waals surface area contributed by atoms with Gasteiger partial charge in [0.2, 0.25) is 0 Å². The number of aromatic amines is 1. The van der Waals surface area contributed by atoms with Gasteiger partial charge in [0, 0.05) is 30.6 Å². The van der Waals surface area contributed by atoms with Crippen LogP contribution in [0.3, 0.4) is 0 Å². The zero-order chi connectivity index (χ0) is 17.5. The number of aromatic nitrogens is 5. The van der Waals surface area contributed by atoms with Gasteiger partial charge in [-0.2, -0.15) is 5.10 Å². The second kappa shape index (κ2) is 6.10. The molecule has 1 aromatic carbocycles. The quantitative estimate of drug-likeness (QED) is 0.614. The SMILES string of the molecule is CCn1ncnc1CN1CCc2[nH]cnc2[C@H]1c1cc2ccccc2o1. The van der Waals surface area contributed by atoms with Crippen LogP contribution < -0.4 is 0 Å². The third-order valence-corrected chi connectivity index (χ3v) is 5.08. The fourth-order valence-corrected chi connectivity index (χ4v) is 3.80. The number of para-hydroxylation sites is 1. The van der Waals surface area contributed by atoms with Crippen LogP contribution in [0.15, 0.2) is 47.4 Å². The molecule has 1 N–H and O–H groups in total. The van der Waals surface area contributed by atoms with Gasteiger partial charge < -0.3 is 9.40 Å². The Morgan fingerprint density at radius 2 is 2.19 bits per heavy atom. The zero-order valence-corrected chi connectivity index (χ0v) is 14.6. The van der Waals surface area contributed by atoms with Gasteiger partial charge in [-0.15, -0.1) is 0 Å². The Morgan fingerprint density at radius 1 is 1.27 bits per heavy atom. The zero-order valence-electron chi connectivity index (χ0n) is 14.6. The first-order valence-electron chi connectivity index (χ1n) is 8.95. The highest BCUT2D eigenvalue weighted by atomic mass is 16.3. The molecule has 4 aromatic rings. The largest absolute Gasteiger partial charge is 0.459 e. The van der Waals surface area contributed by atoms with Crippen LogP contribution in [-0.4, -0.2) is 36.2 Å². The molecule has 0 amide bonds. The molecule has 0 radical (unpaired) electrons. The van der Waals surface area contributed by atoms with E-state index in [1.807, 2.05) is 22.9 Å². The van der Waals surface area contributed by atoms with E-state index < -0.39 is 0 Å². The number of hydrogen-bond acceptors (Lipinski definition) is 5. The highest BCUT2D eigenvalue weighted by Crippen LogP contribution is 2.36. The monoisotopic (exact) mass is 348 g/mol. The highest BCUT2D eigenvalue weighted by Gasteiger charge is 2.34. The van der Waals surface area contributed by atoms with Crippen molar-refractivity contribution in [2.24, 2.45) is 0 Å². The first kappa shape index (κ1) is 15.3. The number of furan rings is 1. The van der Waals surface area contributed by atoms with Crippen LogP contribution in [0.4, 0.5) is 0 Å². The van der Waals surface area contributed by atoms with Crippen LogP contribution in [0.2, 0.25) is 0 Å². The summed E-state index contributed by atoms with van der Waals surface area (Å²) in [5.74, 6) is 1.88. The Hall–Kier alpha value is -2.93. The summed E-state index contributed by atoms with van der Waals surface area (Å²) in [6.45, 7) is 4.51. The van der Waals surface area contributed by atoms with Crippen molar-refractivity contribution in [3.8, 4) is 0 Å². The molecule has 1 aliphatic rings. The van der Waals surface area contributed by atoms with Crippen LogP contribution in [0, 0.1) is 0 Å². The number of nitrogens with zero attached hydrogens (tertiary/aromatic N) is 5. The lowest BCUT2D eigenvalue weighted by Crippen LogP contribution is -2.36. The van der Waals surface area contributed by atoms with Crippen molar-refractivity contribution < 1.29 is 4.42 Å². The van der Waals surface area contributed by atoms with Crippen molar-refractivity contribution in [2.75, 3.05) is 6.54 Å². The minimum Gasteiger partial charge on any atom is -0.459 e. The van der Waals surface area contributed by atoms with Gasteiger partial charge in [0.1, 0.15) is 29.5 Å². The van der Waals surface area contributed by atoms with Crippen molar-refractivity contribution in [1.29, 1.82) is 0 Å². The van der Waals surface area contributed by atoms with E-state index in [2.05, 4.69) is 44.0 Å². The predicted octanol–water partition coefficient (Wildman–Crippen LogP) is 2.92. The van der Waals surface area contributed by atoms with E-state index >= 15 is 0 Å². The average Bonchev–Trinajstić information content (AvgIpc) is 3.40. The Kier molecular flexibility index (Phi) is 3.60. The third-order valence-electron chi connectivity index (χ3n) is 5.08. The Balaban J connectivity index is 1.57. The molecule has 0 spiro atoms. The van der Waals surface area contributed by atoms with Gasteiger partial charge in [0.25, 0.3) is 0 Å². The van der Waals surface area contributed by atoms with Crippen LogP contribution in [-0.2, 0) is 19.5 Å². The Morgan fingerprint density at radius 3 is 3.08 bits per heavy atom. The van der Waals surface area contributed by atoms with Gasteiger partial charge in [-0.1, -0.05) is 18.2 Å². The highest BCUT2D eigenvalue weighted by molar-refractivity contribution is 5.78. The fourth-order valence-electron chi connectivity index (χ4n) is 3.80. The molecule has 0 fully saturated rings. The smallest absolute Gasteiger partial charge is 0.141 e. The minimum absolute atomic E-state index is 0.0283. The van der Waals surface area contributed by atoms with E-state index in [1.54, 1.807) is 12.7 Å². The van der Waals surface area contributed by atoms with Crippen molar-refractivity contribution in [2.45, 2.75) is 32.5 Å². The number of rotatable bonds is 4. The lowest BCUT2D eigenvalue weighted by atomic mass is 10.00. The molecule has 1 atom stereocenters. The van der Waals surface area contributed by atoms with E-state index in [1.165, 1.54) is 5.69 Å². The summed E-state index contributed by atoms with van der Waals surface area (Å²) in [5, 5.41) is 5.41. The molecule has 3 aromatic heterocycles. The number of nitrogens with one attached hydrogen (secondary N) is 1. The lowest BCUT2D eigenvalue weighted by Gasteiger charge is -2.33. The predicted molar refractivity (Wildman–Crippen MR) is 96.5 cm³/mol. The van der Waals surface area contributed by atoms with E-state index in [0.29, 0.717) is 6.54 Å². The van der Waals surface area contributed by atoms with Crippen LogP contribution in [0.25, 0.3) is 11.0 Å². The first-order chi connectivity index (χ1) is 12.8. The number of imidazole rings is 1. The summed E-state index contributed by atoms with van der Waals surface area (Å²) in [7, 11) is 0. The number of aryl methyl sites for hydroxylation is 1. The molecular weight excluding hydrogens is 328 g/mol. The second-order valence-corrected chi connectivity index (χ2v) is 6.57. The van der Waals surface area contributed by atoms with Crippen LogP contribution >= 0.6 is 0 Å². The van der Waals surface area contributed by atoms with E-state index in [-0.39, 0.29) is 6.04 Å². The summed E-state index contributed by atoms with van der Waals surface area (Å²) in [6.07, 6.45) is 4.34. The topological polar surface area (TPSA) is 75.8 Å². The van der Waals surface area contributed by atoms with Gasteiger partial charge in [-0.3, -0.25) is 4.90 Å². The molecular formula is C19H20N6O. The molecule has 7 heteroatoms. The summed E-state index contributed by atoms with van der Waals surface area (Å²) < 4.78 is 8.14. The maximum absolute atomic E-state index is 6.20. The summed E-state index contributed by atoms with van der Waals surface area (Å²) >= 11 is 0. The normalized spacial score (nSPS) is 17.7. The Labute approximate surface area is 150 Å². The van der Waals surface area contributed by atoms with Crippen molar-refractivity contribution in [3.63, 3.8) is 0 Å². The average molecular weight is 348 g/mol. The molecule has 1 aliphatic heterocycles. The molecule has 0 unspecified atom stereocenters. The fraction of sp³-hybridized carbons (Fsp3) is 0.316. The number of fused-ring (bicyclic) bond motifs is 2. The van der Waals surface area contributed by atoms with Crippen molar-refractivity contribution in [3.05, 3.63) is 66.0 Å². The van der Waals surface area contributed by atoms with E-state index in [9.17, 15) is 0 Å². The van der Waals surface area contributed by atoms with Crippen molar-refractivity contribution in [1.82, 2.24) is 29.6 Å².